The van der Waals surface area contributed by atoms with Crippen molar-refractivity contribution in [1.29, 1.82) is 5.41 Å². The highest BCUT2D eigenvalue weighted by Gasteiger charge is 1.98. The number of hydrogen-bond donors (Lipinski definition) is 2. The first-order valence-corrected chi connectivity index (χ1v) is 5.56. The number of fused-ring (bicyclic) bond motifs is 1. The van der Waals surface area contributed by atoms with Gasteiger partial charge < -0.3 is 10.5 Å². The van der Waals surface area contributed by atoms with Crippen molar-refractivity contribution in [3.63, 3.8) is 0 Å². The van der Waals surface area contributed by atoms with Crippen molar-refractivity contribution >= 4 is 16.7 Å². The average Bonchev–Trinajstić information content (AvgIpc) is 2.34. The van der Waals surface area contributed by atoms with E-state index in [2.05, 4.69) is 4.98 Å². The molecule has 0 amide bonds. The van der Waals surface area contributed by atoms with Crippen LogP contribution in [0.3, 0.4) is 0 Å². The zero-order valence-corrected chi connectivity index (χ0v) is 9.52. The quantitative estimate of drug-likeness (QED) is 0.469. The molecule has 2 rings (SSSR count). The van der Waals surface area contributed by atoms with Gasteiger partial charge in [-0.1, -0.05) is 6.07 Å². The number of hydrogen-bond acceptors (Lipinski definition) is 3. The van der Waals surface area contributed by atoms with Crippen molar-refractivity contribution in [2.24, 2.45) is 5.73 Å². The van der Waals surface area contributed by atoms with E-state index < -0.39 is 0 Å². The number of nitrogens with two attached hydrogens (primary N) is 1. The molecule has 4 nitrogen and oxygen atoms in total. The van der Waals surface area contributed by atoms with E-state index in [0.29, 0.717) is 13.0 Å². The topological polar surface area (TPSA) is 72.0 Å². The van der Waals surface area contributed by atoms with Gasteiger partial charge in [0, 0.05) is 24.1 Å². The van der Waals surface area contributed by atoms with Gasteiger partial charge in [-0.25, -0.2) is 0 Å². The summed E-state index contributed by atoms with van der Waals surface area (Å²) in [6.07, 6.45) is 3.10. The number of rotatable bonds is 5. The molecule has 0 atom stereocenters. The SMILES string of the molecule is N=C(N)CCCOc1ccc2cccnc2c1. The Labute approximate surface area is 99.9 Å². The van der Waals surface area contributed by atoms with Crippen molar-refractivity contribution in [2.45, 2.75) is 12.8 Å². The van der Waals surface area contributed by atoms with Gasteiger partial charge in [0.1, 0.15) is 5.75 Å². The average molecular weight is 229 g/mol. The fourth-order valence-corrected chi connectivity index (χ4v) is 1.59. The van der Waals surface area contributed by atoms with Crippen LogP contribution >= 0.6 is 0 Å². The fraction of sp³-hybridized carbons (Fsp3) is 0.231. The highest BCUT2D eigenvalue weighted by atomic mass is 16.5. The van der Waals surface area contributed by atoms with Crippen molar-refractivity contribution in [1.82, 2.24) is 4.98 Å². The van der Waals surface area contributed by atoms with Crippen LogP contribution in [0.4, 0.5) is 0 Å². The highest BCUT2D eigenvalue weighted by Crippen LogP contribution is 2.18. The molecule has 1 heterocycles. The van der Waals surface area contributed by atoms with Crippen LogP contribution in [0.25, 0.3) is 10.9 Å². The summed E-state index contributed by atoms with van der Waals surface area (Å²) in [6.45, 7) is 0.567. The van der Waals surface area contributed by atoms with E-state index in [9.17, 15) is 0 Å². The van der Waals surface area contributed by atoms with Crippen molar-refractivity contribution in [3.8, 4) is 5.75 Å². The number of pyridine rings is 1. The van der Waals surface area contributed by atoms with Crippen molar-refractivity contribution in [2.75, 3.05) is 6.61 Å². The van der Waals surface area contributed by atoms with Crippen LogP contribution in [0.1, 0.15) is 12.8 Å². The molecule has 0 aliphatic heterocycles. The third-order valence-corrected chi connectivity index (χ3v) is 2.44. The van der Waals surface area contributed by atoms with Crippen LogP contribution in [0.5, 0.6) is 5.75 Å². The van der Waals surface area contributed by atoms with Crippen LogP contribution in [-0.2, 0) is 0 Å². The fourth-order valence-electron chi connectivity index (χ4n) is 1.59. The summed E-state index contributed by atoms with van der Waals surface area (Å²) in [6, 6.07) is 9.76. The Morgan fingerprint density at radius 2 is 2.24 bits per heavy atom. The summed E-state index contributed by atoms with van der Waals surface area (Å²) in [5, 5.41) is 8.20. The minimum atomic E-state index is 0.203. The minimum absolute atomic E-state index is 0.203. The molecule has 0 aliphatic rings. The van der Waals surface area contributed by atoms with Gasteiger partial charge in [-0.2, -0.15) is 0 Å². The van der Waals surface area contributed by atoms with Gasteiger partial charge in [0.2, 0.25) is 0 Å². The summed E-state index contributed by atoms with van der Waals surface area (Å²) < 4.78 is 5.57. The van der Waals surface area contributed by atoms with Crippen LogP contribution in [0, 0.1) is 5.41 Å². The maximum Gasteiger partial charge on any atom is 0.121 e. The molecule has 0 spiro atoms. The molecule has 0 unspecified atom stereocenters. The molecule has 0 bridgehead atoms. The second kappa shape index (κ2) is 5.30. The Bertz CT molecular complexity index is 525. The predicted octanol–water partition coefficient (Wildman–Crippen LogP) is 2.33. The van der Waals surface area contributed by atoms with Gasteiger partial charge in [-0.05, 0) is 24.6 Å². The van der Waals surface area contributed by atoms with Crippen molar-refractivity contribution in [3.05, 3.63) is 36.5 Å². The smallest absolute Gasteiger partial charge is 0.121 e. The van der Waals surface area contributed by atoms with Crippen LogP contribution in [0.15, 0.2) is 36.5 Å². The molecule has 0 saturated heterocycles. The second-order valence-electron chi connectivity index (χ2n) is 3.84. The van der Waals surface area contributed by atoms with Crippen LogP contribution in [-0.4, -0.2) is 17.4 Å². The minimum Gasteiger partial charge on any atom is -0.494 e. The molecule has 0 fully saturated rings. The first-order chi connectivity index (χ1) is 8.25. The molecular weight excluding hydrogens is 214 g/mol. The van der Waals surface area contributed by atoms with Gasteiger partial charge in [0.15, 0.2) is 0 Å². The summed E-state index contributed by atoms with van der Waals surface area (Å²) in [7, 11) is 0. The van der Waals surface area contributed by atoms with Gasteiger partial charge in [-0.15, -0.1) is 0 Å². The molecule has 0 aliphatic carbocycles. The van der Waals surface area contributed by atoms with Crippen molar-refractivity contribution < 1.29 is 4.74 Å². The molecule has 88 valence electrons. The molecule has 1 aromatic heterocycles. The summed E-state index contributed by atoms with van der Waals surface area (Å²) in [5.41, 5.74) is 6.19. The lowest BCUT2D eigenvalue weighted by atomic mass is 10.2. The van der Waals surface area contributed by atoms with E-state index >= 15 is 0 Å². The van der Waals surface area contributed by atoms with E-state index in [4.69, 9.17) is 15.9 Å². The van der Waals surface area contributed by atoms with E-state index in [1.54, 1.807) is 6.20 Å². The first-order valence-electron chi connectivity index (χ1n) is 5.56. The number of nitrogens with zero attached hydrogens (tertiary/aromatic N) is 1. The van der Waals surface area contributed by atoms with Gasteiger partial charge in [-0.3, -0.25) is 10.4 Å². The third kappa shape index (κ3) is 3.17. The molecule has 4 heteroatoms. The third-order valence-electron chi connectivity index (χ3n) is 2.44. The monoisotopic (exact) mass is 229 g/mol. The Morgan fingerprint density at radius 1 is 1.35 bits per heavy atom. The highest BCUT2D eigenvalue weighted by molar-refractivity contribution is 5.79. The number of aromatic nitrogens is 1. The van der Waals surface area contributed by atoms with Gasteiger partial charge >= 0.3 is 0 Å². The Kier molecular flexibility index (Phi) is 3.55. The molecule has 1 aromatic carbocycles. The Hall–Kier alpha value is -2.10. The molecule has 17 heavy (non-hydrogen) atoms. The van der Waals surface area contributed by atoms with E-state index in [0.717, 1.165) is 23.1 Å². The van der Waals surface area contributed by atoms with E-state index in [1.165, 1.54) is 0 Å². The van der Waals surface area contributed by atoms with Crippen LogP contribution in [0.2, 0.25) is 0 Å². The molecule has 0 radical (unpaired) electrons. The lowest BCUT2D eigenvalue weighted by molar-refractivity contribution is 0.314. The van der Waals surface area contributed by atoms with E-state index in [1.807, 2.05) is 30.3 Å². The maximum absolute atomic E-state index is 7.10. The molecule has 2 aromatic rings. The van der Waals surface area contributed by atoms with E-state index in [-0.39, 0.29) is 5.84 Å². The number of ether oxygens (including phenoxy) is 1. The van der Waals surface area contributed by atoms with Gasteiger partial charge in [0.05, 0.1) is 18.0 Å². The Balaban J connectivity index is 1.97. The van der Waals surface area contributed by atoms with Gasteiger partial charge in [0.25, 0.3) is 0 Å². The normalized spacial score (nSPS) is 10.4. The zero-order valence-electron chi connectivity index (χ0n) is 9.52. The molecular formula is C13H15N3O. The number of benzene rings is 1. The molecule has 3 N–H and O–H groups in total. The zero-order chi connectivity index (χ0) is 12.1. The predicted molar refractivity (Wildman–Crippen MR) is 68.4 cm³/mol. The molecule has 0 saturated carbocycles. The van der Waals surface area contributed by atoms with Crippen LogP contribution < -0.4 is 10.5 Å². The Morgan fingerprint density at radius 3 is 3.06 bits per heavy atom. The summed E-state index contributed by atoms with van der Waals surface area (Å²) >= 11 is 0. The number of amidine groups is 1. The summed E-state index contributed by atoms with van der Waals surface area (Å²) in [5.74, 6) is 1.01. The lowest BCUT2D eigenvalue weighted by Gasteiger charge is -2.06. The lowest BCUT2D eigenvalue weighted by Crippen LogP contribution is -2.10. The number of nitrogens with one attached hydrogen (secondary N) is 1. The largest absolute Gasteiger partial charge is 0.494 e. The standard InChI is InChI=1S/C13H15N3O/c14-13(15)4-2-8-17-11-6-5-10-3-1-7-16-12(10)9-11/h1,3,5-7,9H,2,4,8H2,(H3,14,15). The summed E-state index contributed by atoms with van der Waals surface area (Å²) in [4.78, 5) is 4.26. The first kappa shape index (κ1) is 11.4. The maximum atomic E-state index is 7.10. The second-order valence-corrected chi connectivity index (χ2v) is 3.84.